The lowest BCUT2D eigenvalue weighted by Gasteiger charge is -2.38. The minimum absolute atomic E-state index is 0.119. The fourth-order valence-electron chi connectivity index (χ4n) is 2.47. The summed E-state index contributed by atoms with van der Waals surface area (Å²) in [6.45, 7) is 1.94. The minimum Gasteiger partial charge on any atom is -0.354 e. The zero-order valence-corrected chi connectivity index (χ0v) is 11.7. The van der Waals surface area contributed by atoms with Crippen LogP contribution in [0.5, 0.6) is 0 Å². The summed E-state index contributed by atoms with van der Waals surface area (Å²) < 4.78 is 1.63. The number of nitrogens with zero attached hydrogens (tertiary/aromatic N) is 3. The second kappa shape index (κ2) is 5.17. The Morgan fingerprint density at radius 2 is 2.19 bits per heavy atom. The Labute approximate surface area is 121 Å². The van der Waals surface area contributed by atoms with Crippen molar-refractivity contribution in [3.63, 3.8) is 0 Å². The number of hydrogen-bond acceptors (Lipinski definition) is 4. The average Bonchev–Trinajstić information content (AvgIpc) is 2.89. The smallest absolute Gasteiger partial charge is 0.274 e. The number of fused-ring (bicyclic) bond motifs is 1. The second-order valence-corrected chi connectivity index (χ2v) is 5.16. The molecule has 1 aliphatic heterocycles. The van der Waals surface area contributed by atoms with Gasteiger partial charge in [-0.15, -0.1) is 0 Å². The van der Waals surface area contributed by atoms with Gasteiger partial charge < -0.3 is 16.0 Å². The Kier molecular flexibility index (Phi) is 3.34. The van der Waals surface area contributed by atoms with Crippen LogP contribution in [0.4, 0.5) is 0 Å². The summed E-state index contributed by atoms with van der Waals surface area (Å²) in [4.78, 5) is 30.2. The van der Waals surface area contributed by atoms with Gasteiger partial charge in [0.05, 0.1) is 0 Å². The molecular formula is C14H17N5O2. The quantitative estimate of drug-likeness (QED) is 0.812. The number of carbonyl (C=O) groups excluding carboxylic acids is 2. The van der Waals surface area contributed by atoms with Gasteiger partial charge in [-0.25, -0.2) is 4.98 Å². The SMILES string of the molecule is CNC(=O)c1cccc2nc(C(=O)N3CC(CN)C3)cn12. The van der Waals surface area contributed by atoms with Crippen LogP contribution < -0.4 is 11.1 Å². The molecule has 2 amide bonds. The number of amides is 2. The maximum Gasteiger partial charge on any atom is 0.274 e. The molecule has 0 aromatic carbocycles. The van der Waals surface area contributed by atoms with Gasteiger partial charge in [0.1, 0.15) is 17.0 Å². The molecule has 1 fully saturated rings. The van der Waals surface area contributed by atoms with Crippen LogP contribution >= 0.6 is 0 Å². The molecule has 0 aliphatic carbocycles. The molecule has 1 aliphatic rings. The highest BCUT2D eigenvalue weighted by Crippen LogP contribution is 2.18. The minimum atomic E-state index is -0.218. The summed E-state index contributed by atoms with van der Waals surface area (Å²) in [6.07, 6.45) is 1.61. The van der Waals surface area contributed by atoms with E-state index in [9.17, 15) is 9.59 Å². The van der Waals surface area contributed by atoms with E-state index in [2.05, 4.69) is 10.3 Å². The van der Waals surface area contributed by atoms with Crippen LogP contribution in [0.25, 0.3) is 5.65 Å². The molecule has 7 nitrogen and oxygen atoms in total. The molecule has 3 heterocycles. The molecule has 0 spiro atoms. The summed E-state index contributed by atoms with van der Waals surface area (Å²) in [5.74, 6) is 0.0443. The third-order valence-corrected chi connectivity index (χ3v) is 3.75. The lowest BCUT2D eigenvalue weighted by atomic mass is 10.0. The topological polar surface area (TPSA) is 92.7 Å². The third kappa shape index (κ3) is 2.25. The summed E-state index contributed by atoms with van der Waals surface area (Å²) in [5, 5.41) is 2.57. The lowest BCUT2D eigenvalue weighted by Crippen LogP contribution is -2.52. The normalized spacial score (nSPS) is 15.0. The lowest BCUT2D eigenvalue weighted by molar-refractivity contribution is 0.0510. The van der Waals surface area contributed by atoms with Crippen LogP contribution in [-0.2, 0) is 0 Å². The number of likely N-dealkylation sites (tertiary alicyclic amines) is 1. The number of pyridine rings is 1. The Hall–Kier alpha value is -2.41. The van der Waals surface area contributed by atoms with Crippen LogP contribution in [0, 0.1) is 5.92 Å². The van der Waals surface area contributed by atoms with E-state index in [0.717, 1.165) is 0 Å². The van der Waals surface area contributed by atoms with Gasteiger partial charge in [-0.05, 0) is 18.7 Å². The fraction of sp³-hybridized carbons (Fsp3) is 0.357. The van der Waals surface area contributed by atoms with Gasteiger partial charge in [0, 0.05) is 32.3 Å². The van der Waals surface area contributed by atoms with Crippen molar-refractivity contribution in [2.75, 3.05) is 26.7 Å². The number of rotatable bonds is 3. The van der Waals surface area contributed by atoms with E-state index in [1.165, 1.54) is 0 Å². The maximum atomic E-state index is 12.3. The van der Waals surface area contributed by atoms with Crippen molar-refractivity contribution in [3.05, 3.63) is 35.8 Å². The zero-order chi connectivity index (χ0) is 15.0. The summed E-state index contributed by atoms with van der Waals surface area (Å²) in [5.41, 5.74) is 6.94. The molecular weight excluding hydrogens is 270 g/mol. The highest BCUT2D eigenvalue weighted by Gasteiger charge is 2.31. The first-order chi connectivity index (χ1) is 10.1. The predicted octanol–water partition coefficient (Wildman–Crippen LogP) is -0.275. The van der Waals surface area contributed by atoms with Crippen LogP contribution in [0.3, 0.4) is 0 Å². The van der Waals surface area contributed by atoms with Gasteiger partial charge in [-0.3, -0.25) is 14.0 Å². The van der Waals surface area contributed by atoms with Gasteiger partial charge in [0.25, 0.3) is 11.8 Å². The molecule has 0 radical (unpaired) electrons. The van der Waals surface area contributed by atoms with Crippen LogP contribution in [0.1, 0.15) is 21.0 Å². The van der Waals surface area contributed by atoms with Crippen molar-refractivity contribution >= 4 is 17.5 Å². The molecule has 0 unspecified atom stereocenters. The molecule has 1 saturated heterocycles. The Morgan fingerprint density at radius 1 is 1.43 bits per heavy atom. The molecule has 2 aromatic heterocycles. The highest BCUT2D eigenvalue weighted by atomic mass is 16.2. The number of nitrogens with one attached hydrogen (secondary N) is 1. The fourth-order valence-corrected chi connectivity index (χ4v) is 2.47. The largest absolute Gasteiger partial charge is 0.354 e. The number of nitrogens with two attached hydrogens (primary N) is 1. The predicted molar refractivity (Wildman–Crippen MR) is 77.0 cm³/mol. The molecule has 7 heteroatoms. The van der Waals surface area contributed by atoms with Gasteiger partial charge >= 0.3 is 0 Å². The molecule has 21 heavy (non-hydrogen) atoms. The maximum absolute atomic E-state index is 12.3. The molecule has 110 valence electrons. The first kappa shape index (κ1) is 13.6. The van der Waals surface area contributed by atoms with Crippen molar-refractivity contribution in [2.24, 2.45) is 11.7 Å². The van der Waals surface area contributed by atoms with Gasteiger partial charge in [-0.2, -0.15) is 0 Å². The standard InChI is InChI=1S/C14H17N5O2/c1-16-13(20)11-3-2-4-12-17-10(8-19(11)12)14(21)18-6-9(5-15)7-18/h2-4,8-9H,5-7,15H2,1H3,(H,16,20). The van der Waals surface area contributed by atoms with Crippen LogP contribution in [0.15, 0.2) is 24.4 Å². The van der Waals surface area contributed by atoms with Crippen molar-refractivity contribution in [2.45, 2.75) is 0 Å². The van der Waals surface area contributed by atoms with Crippen LogP contribution in [-0.4, -0.2) is 52.8 Å². The van der Waals surface area contributed by atoms with Gasteiger partial charge in [0.15, 0.2) is 0 Å². The number of carbonyl (C=O) groups is 2. The molecule has 0 saturated carbocycles. The summed E-state index contributed by atoms with van der Waals surface area (Å²) in [6, 6.07) is 5.20. The van der Waals surface area contributed by atoms with E-state index in [-0.39, 0.29) is 11.8 Å². The highest BCUT2D eigenvalue weighted by molar-refractivity contribution is 5.95. The van der Waals surface area contributed by atoms with E-state index >= 15 is 0 Å². The summed E-state index contributed by atoms with van der Waals surface area (Å²) in [7, 11) is 1.57. The van der Waals surface area contributed by atoms with E-state index in [0.29, 0.717) is 42.6 Å². The number of hydrogen-bond donors (Lipinski definition) is 2. The molecule has 3 rings (SSSR count). The van der Waals surface area contributed by atoms with E-state index in [1.54, 1.807) is 40.7 Å². The zero-order valence-electron chi connectivity index (χ0n) is 11.7. The van der Waals surface area contributed by atoms with Crippen molar-refractivity contribution < 1.29 is 9.59 Å². The van der Waals surface area contributed by atoms with Crippen molar-refractivity contribution in [3.8, 4) is 0 Å². The first-order valence-corrected chi connectivity index (χ1v) is 6.83. The van der Waals surface area contributed by atoms with E-state index < -0.39 is 0 Å². The number of aromatic nitrogens is 2. The van der Waals surface area contributed by atoms with E-state index in [1.807, 2.05) is 0 Å². The molecule has 3 N–H and O–H groups in total. The van der Waals surface area contributed by atoms with Crippen LogP contribution in [0.2, 0.25) is 0 Å². The average molecular weight is 287 g/mol. The Bertz CT molecular complexity index is 702. The van der Waals surface area contributed by atoms with E-state index in [4.69, 9.17) is 5.73 Å². The monoisotopic (exact) mass is 287 g/mol. The summed E-state index contributed by atoms with van der Waals surface area (Å²) >= 11 is 0. The van der Waals surface area contributed by atoms with Crippen molar-refractivity contribution in [1.82, 2.24) is 19.6 Å². The number of imidazole rings is 1. The molecule has 0 atom stereocenters. The van der Waals surface area contributed by atoms with Gasteiger partial charge in [0.2, 0.25) is 0 Å². The molecule has 0 bridgehead atoms. The third-order valence-electron chi connectivity index (χ3n) is 3.75. The molecule has 2 aromatic rings. The van der Waals surface area contributed by atoms with Crippen molar-refractivity contribution in [1.29, 1.82) is 0 Å². The second-order valence-electron chi connectivity index (χ2n) is 5.16. The Balaban J connectivity index is 1.91. The first-order valence-electron chi connectivity index (χ1n) is 6.83. The Morgan fingerprint density at radius 3 is 2.86 bits per heavy atom. The van der Waals surface area contributed by atoms with Gasteiger partial charge in [-0.1, -0.05) is 6.07 Å².